The summed E-state index contributed by atoms with van der Waals surface area (Å²) in [6, 6.07) is 5.53. The Hall–Kier alpha value is -4.00. The number of pyridine rings is 1. The number of nitriles is 1. The standard InChI is InChI=1S/C21H20N8O2/c1-13(30)27-6-4-15(5-7-27)29-20-18(26(2)21(29)31)12-23-19(25-20)16-11-24-28-8-3-14(10-22)9-17(16)28/h3,8-9,11-12,15H,4-7H2,1-2H3. The molecule has 1 fully saturated rings. The molecular formula is C21H20N8O2. The number of aromatic nitrogens is 6. The van der Waals surface area contributed by atoms with Crippen molar-refractivity contribution in [2.24, 2.45) is 7.05 Å². The molecule has 4 aromatic rings. The number of aryl methyl sites for hydroxylation is 1. The molecule has 31 heavy (non-hydrogen) atoms. The van der Waals surface area contributed by atoms with Crippen molar-refractivity contribution >= 4 is 22.6 Å². The largest absolute Gasteiger partial charge is 0.343 e. The van der Waals surface area contributed by atoms with Crippen LogP contribution in [0.4, 0.5) is 0 Å². The smallest absolute Gasteiger partial charge is 0.330 e. The fraction of sp³-hybridized carbons (Fsp3) is 0.333. The number of hydrogen-bond donors (Lipinski definition) is 0. The zero-order valence-corrected chi connectivity index (χ0v) is 17.2. The van der Waals surface area contributed by atoms with E-state index in [1.54, 1.807) is 63.2 Å². The first kappa shape index (κ1) is 19.0. The van der Waals surface area contributed by atoms with Gasteiger partial charge < -0.3 is 4.90 Å². The van der Waals surface area contributed by atoms with Crippen LogP contribution >= 0.6 is 0 Å². The molecule has 0 saturated carbocycles. The highest BCUT2D eigenvalue weighted by atomic mass is 16.2. The van der Waals surface area contributed by atoms with E-state index in [0.29, 0.717) is 54.0 Å². The minimum Gasteiger partial charge on any atom is -0.343 e. The van der Waals surface area contributed by atoms with E-state index in [1.165, 1.54) is 0 Å². The minimum absolute atomic E-state index is 0.0383. The maximum absolute atomic E-state index is 13.0. The second-order valence-corrected chi connectivity index (χ2v) is 7.77. The maximum Gasteiger partial charge on any atom is 0.330 e. The molecule has 1 aliphatic heterocycles. The third-order valence-corrected chi connectivity index (χ3v) is 6.00. The molecule has 5 rings (SSSR count). The van der Waals surface area contributed by atoms with E-state index in [4.69, 9.17) is 4.98 Å². The lowest BCUT2D eigenvalue weighted by Crippen LogP contribution is -2.39. The molecule has 1 aliphatic rings. The Balaban J connectivity index is 1.62. The van der Waals surface area contributed by atoms with Crippen LogP contribution in [0.2, 0.25) is 0 Å². The molecule has 5 heterocycles. The van der Waals surface area contributed by atoms with Crippen LogP contribution in [-0.2, 0) is 11.8 Å². The van der Waals surface area contributed by atoms with E-state index < -0.39 is 0 Å². The van der Waals surface area contributed by atoms with Crippen LogP contribution in [0.15, 0.2) is 35.5 Å². The van der Waals surface area contributed by atoms with Gasteiger partial charge in [-0.3, -0.25) is 13.9 Å². The van der Waals surface area contributed by atoms with Crippen LogP contribution in [-0.4, -0.2) is 52.6 Å². The van der Waals surface area contributed by atoms with Gasteiger partial charge in [-0.15, -0.1) is 0 Å². The predicted octanol–water partition coefficient (Wildman–Crippen LogP) is 1.50. The zero-order chi connectivity index (χ0) is 21.7. The highest BCUT2D eigenvalue weighted by Crippen LogP contribution is 2.27. The van der Waals surface area contributed by atoms with Gasteiger partial charge in [-0.05, 0) is 25.0 Å². The number of imidazole rings is 1. The summed E-state index contributed by atoms with van der Waals surface area (Å²) in [6.45, 7) is 2.80. The highest BCUT2D eigenvalue weighted by molar-refractivity contribution is 5.80. The fourth-order valence-corrected chi connectivity index (χ4v) is 4.26. The van der Waals surface area contributed by atoms with Gasteiger partial charge in [-0.2, -0.15) is 10.4 Å². The van der Waals surface area contributed by atoms with Gasteiger partial charge >= 0.3 is 5.69 Å². The van der Waals surface area contributed by atoms with Gasteiger partial charge in [0.15, 0.2) is 11.5 Å². The molecule has 0 atom stereocenters. The van der Waals surface area contributed by atoms with E-state index in [-0.39, 0.29) is 17.6 Å². The van der Waals surface area contributed by atoms with E-state index in [9.17, 15) is 14.9 Å². The van der Waals surface area contributed by atoms with Crippen LogP contribution in [0, 0.1) is 11.3 Å². The van der Waals surface area contributed by atoms with Gasteiger partial charge in [0.2, 0.25) is 5.91 Å². The number of carbonyl (C=O) groups is 1. The normalized spacial score (nSPS) is 14.9. The van der Waals surface area contributed by atoms with E-state index in [2.05, 4.69) is 16.2 Å². The maximum atomic E-state index is 13.0. The number of hydrogen-bond acceptors (Lipinski definition) is 6. The highest BCUT2D eigenvalue weighted by Gasteiger charge is 2.27. The van der Waals surface area contributed by atoms with E-state index >= 15 is 0 Å². The summed E-state index contributed by atoms with van der Waals surface area (Å²) in [4.78, 5) is 35.7. The SMILES string of the molecule is CC(=O)N1CCC(n2c(=O)n(C)c3cnc(-c4cnn5ccc(C#N)cc45)nc32)CC1. The van der Waals surface area contributed by atoms with Crippen molar-refractivity contribution in [3.63, 3.8) is 0 Å². The Bertz CT molecular complexity index is 1430. The first-order valence-electron chi connectivity index (χ1n) is 10.0. The summed E-state index contributed by atoms with van der Waals surface area (Å²) in [6.07, 6.45) is 6.42. The fourth-order valence-electron chi connectivity index (χ4n) is 4.26. The summed E-state index contributed by atoms with van der Waals surface area (Å²) in [5.74, 6) is 0.497. The monoisotopic (exact) mass is 416 g/mol. The van der Waals surface area contributed by atoms with Crippen molar-refractivity contribution in [1.82, 2.24) is 33.6 Å². The Morgan fingerprint density at radius 1 is 1.23 bits per heavy atom. The summed E-state index contributed by atoms with van der Waals surface area (Å²) in [5, 5.41) is 13.6. The summed E-state index contributed by atoms with van der Waals surface area (Å²) >= 11 is 0. The first-order valence-corrected chi connectivity index (χ1v) is 10.0. The number of rotatable bonds is 2. The van der Waals surface area contributed by atoms with Crippen LogP contribution in [0.25, 0.3) is 28.1 Å². The van der Waals surface area contributed by atoms with Crippen LogP contribution < -0.4 is 5.69 Å². The third kappa shape index (κ3) is 2.97. The molecule has 1 saturated heterocycles. The number of nitrogens with zero attached hydrogens (tertiary/aromatic N) is 8. The van der Waals surface area contributed by atoms with Gasteiger partial charge in [-0.1, -0.05) is 0 Å². The summed E-state index contributed by atoms with van der Waals surface area (Å²) in [5.41, 5.74) is 3.00. The molecule has 1 amide bonds. The molecule has 10 nitrogen and oxygen atoms in total. The molecule has 0 aliphatic carbocycles. The Morgan fingerprint density at radius 2 is 2.00 bits per heavy atom. The third-order valence-electron chi connectivity index (χ3n) is 6.00. The van der Waals surface area contributed by atoms with Gasteiger partial charge in [0.25, 0.3) is 0 Å². The van der Waals surface area contributed by atoms with Crippen LogP contribution in [0.5, 0.6) is 0 Å². The topological polar surface area (TPSA) is 114 Å². The predicted molar refractivity (Wildman–Crippen MR) is 112 cm³/mol. The summed E-state index contributed by atoms with van der Waals surface area (Å²) < 4.78 is 4.95. The van der Waals surface area contributed by atoms with Gasteiger partial charge in [-0.25, -0.2) is 19.3 Å². The van der Waals surface area contributed by atoms with E-state index in [0.717, 1.165) is 5.52 Å². The lowest BCUT2D eigenvalue weighted by Gasteiger charge is -2.31. The van der Waals surface area contributed by atoms with Crippen molar-refractivity contribution < 1.29 is 4.79 Å². The lowest BCUT2D eigenvalue weighted by molar-refractivity contribution is -0.130. The van der Waals surface area contributed by atoms with Crippen LogP contribution in [0.3, 0.4) is 0 Å². The van der Waals surface area contributed by atoms with Gasteiger partial charge in [0.1, 0.15) is 5.52 Å². The first-order chi connectivity index (χ1) is 15.0. The minimum atomic E-state index is -0.144. The van der Waals surface area contributed by atoms with Gasteiger partial charge in [0, 0.05) is 39.3 Å². The second kappa shape index (κ2) is 7.05. The Kier molecular flexibility index (Phi) is 4.32. The Labute approximate surface area is 177 Å². The number of carbonyl (C=O) groups excluding carboxylic acids is 1. The molecule has 0 N–H and O–H groups in total. The average Bonchev–Trinajstić information content (AvgIpc) is 3.32. The average molecular weight is 416 g/mol. The molecule has 0 radical (unpaired) electrons. The number of likely N-dealkylation sites (tertiary alicyclic amines) is 1. The molecular weight excluding hydrogens is 396 g/mol. The van der Waals surface area contributed by atoms with Crippen LogP contribution in [0.1, 0.15) is 31.4 Å². The van der Waals surface area contributed by atoms with Crippen molar-refractivity contribution in [3.8, 4) is 17.5 Å². The molecule has 0 unspecified atom stereocenters. The molecule has 4 aromatic heterocycles. The van der Waals surface area contributed by atoms with E-state index in [1.807, 2.05) is 0 Å². The second-order valence-electron chi connectivity index (χ2n) is 7.77. The molecule has 0 spiro atoms. The Morgan fingerprint density at radius 3 is 2.71 bits per heavy atom. The van der Waals surface area contributed by atoms with Gasteiger partial charge in [0.05, 0.1) is 35.1 Å². The lowest BCUT2D eigenvalue weighted by atomic mass is 10.0. The zero-order valence-electron chi connectivity index (χ0n) is 17.2. The number of piperidine rings is 1. The van der Waals surface area contributed by atoms with Crippen molar-refractivity contribution in [2.75, 3.05) is 13.1 Å². The number of fused-ring (bicyclic) bond motifs is 2. The van der Waals surface area contributed by atoms with Crippen molar-refractivity contribution in [1.29, 1.82) is 5.26 Å². The van der Waals surface area contributed by atoms with Crippen molar-refractivity contribution in [2.45, 2.75) is 25.8 Å². The van der Waals surface area contributed by atoms with Crippen molar-refractivity contribution in [3.05, 3.63) is 46.8 Å². The molecule has 0 bridgehead atoms. The molecule has 10 heteroatoms. The quantitative estimate of drug-likeness (QED) is 0.489. The number of amides is 1. The molecule has 0 aromatic carbocycles. The summed E-state index contributed by atoms with van der Waals surface area (Å²) in [7, 11) is 1.71. The molecule has 156 valence electrons.